The van der Waals surface area contributed by atoms with Crippen LogP contribution in [0.3, 0.4) is 0 Å². The average molecular weight is 458 g/mol. The summed E-state index contributed by atoms with van der Waals surface area (Å²) in [5, 5.41) is 3.01. The molecule has 3 fully saturated rings. The van der Waals surface area contributed by atoms with E-state index in [1.54, 1.807) is 13.0 Å². The SMILES string of the molecule is C/C=C(\C)C(=O)NC(C(=O)N1CCC(N2CCC(C(C)/C=C\CC3CC3)CC2)C1)C(C)(C)C. The number of amides is 2. The van der Waals surface area contributed by atoms with E-state index in [2.05, 4.69) is 29.3 Å². The van der Waals surface area contributed by atoms with Crippen LogP contribution in [0.15, 0.2) is 23.8 Å². The molecule has 0 spiro atoms. The van der Waals surface area contributed by atoms with Gasteiger partial charge < -0.3 is 10.2 Å². The van der Waals surface area contributed by atoms with Gasteiger partial charge in [0.05, 0.1) is 0 Å². The van der Waals surface area contributed by atoms with Gasteiger partial charge in [0.1, 0.15) is 6.04 Å². The average Bonchev–Trinajstić information content (AvgIpc) is 3.48. The predicted octanol–water partition coefficient (Wildman–Crippen LogP) is 4.79. The Kier molecular flexibility index (Phi) is 8.82. The minimum absolute atomic E-state index is 0.0616. The maximum absolute atomic E-state index is 13.4. The molecule has 1 saturated carbocycles. The highest BCUT2D eigenvalue weighted by atomic mass is 16.2. The maximum Gasteiger partial charge on any atom is 0.247 e. The lowest BCUT2D eigenvalue weighted by atomic mass is 9.84. The Labute approximate surface area is 202 Å². The number of hydrogen-bond donors (Lipinski definition) is 1. The van der Waals surface area contributed by atoms with E-state index < -0.39 is 6.04 Å². The fourth-order valence-corrected chi connectivity index (χ4v) is 5.25. The molecular weight excluding hydrogens is 410 g/mol. The van der Waals surface area contributed by atoms with Crippen LogP contribution >= 0.6 is 0 Å². The molecule has 0 radical (unpaired) electrons. The predicted molar refractivity (Wildman–Crippen MR) is 136 cm³/mol. The molecule has 3 unspecified atom stereocenters. The van der Waals surface area contributed by atoms with E-state index in [4.69, 9.17) is 0 Å². The highest BCUT2D eigenvalue weighted by Crippen LogP contribution is 2.34. The molecule has 186 valence electrons. The topological polar surface area (TPSA) is 52.7 Å². The van der Waals surface area contributed by atoms with Crippen LogP contribution in [0.2, 0.25) is 0 Å². The molecule has 0 aromatic rings. The van der Waals surface area contributed by atoms with Crippen molar-refractivity contribution in [3.05, 3.63) is 23.8 Å². The molecule has 5 nitrogen and oxygen atoms in total. The van der Waals surface area contributed by atoms with Crippen molar-refractivity contribution < 1.29 is 9.59 Å². The number of likely N-dealkylation sites (tertiary alicyclic amines) is 2. The molecular formula is C28H47N3O2. The minimum Gasteiger partial charge on any atom is -0.340 e. The Hall–Kier alpha value is -1.62. The van der Waals surface area contributed by atoms with E-state index in [0.717, 1.165) is 44.4 Å². The molecule has 2 saturated heterocycles. The standard InChI is InChI=1S/C28H47N3O2/c1-7-20(2)26(32)29-25(28(4,5)6)27(33)31-18-15-24(19-31)30-16-13-23(14-17-30)21(3)9-8-10-22-11-12-22/h7-9,21-25H,10-19H2,1-6H3,(H,29,32)/b9-8-,20-7+. The monoisotopic (exact) mass is 457 g/mol. The normalized spacial score (nSPS) is 25.5. The third-order valence-electron chi connectivity index (χ3n) is 8.09. The summed E-state index contributed by atoms with van der Waals surface area (Å²) in [5.74, 6) is 2.34. The second-order valence-corrected chi connectivity index (χ2v) is 11.8. The second-order valence-electron chi connectivity index (χ2n) is 11.8. The first-order chi connectivity index (χ1) is 15.6. The van der Waals surface area contributed by atoms with Gasteiger partial charge in [-0.05, 0) is 88.6 Å². The Bertz CT molecular complexity index is 739. The highest BCUT2D eigenvalue weighted by molar-refractivity contribution is 5.96. The van der Waals surface area contributed by atoms with E-state index in [1.807, 2.05) is 32.6 Å². The summed E-state index contributed by atoms with van der Waals surface area (Å²) in [7, 11) is 0. The van der Waals surface area contributed by atoms with Gasteiger partial charge in [-0.1, -0.05) is 45.9 Å². The quantitative estimate of drug-likeness (QED) is 0.421. The van der Waals surface area contributed by atoms with Crippen LogP contribution in [0.5, 0.6) is 0 Å². The summed E-state index contributed by atoms with van der Waals surface area (Å²) < 4.78 is 0. The zero-order valence-corrected chi connectivity index (χ0v) is 21.9. The second kappa shape index (κ2) is 11.2. The molecule has 1 aliphatic carbocycles. The van der Waals surface area contributed by atoms with Crippen molar-refractivity contribution in [1.82, 2.24) is 15.1 Å². The van der Waals surface area contributed by atoms with E-state index in [-0.39, 0.29) is 17.2 Å². The van der Waals surface area contributed by atoms with Gasteiger partial charge in [-0.3, -0.25) is 14.5 Å². The Balaban J connectivity index is 1.50. The molecule has 2 aliphatic heterocycles. The van der Waals surface area contributed by atoms with Gasteiger partial charge in [-0.25, -0.2) is 0 Å². The molecule has 0 aromatic carbocycles. The molecule has 2 amide bonds. The molecule has 1 N–H and O–H groups in total. The Morgan fingerprint density at radius 2 is 1.73 bits per heavy atom. The summed E-state index contributed by atoms with van der Waals surface area (Å²) >= 11 is 0. The highest BCUT2D eigenvalue weighted by Gasteiger charge is 2.40. The van der Waals surface area contributed by atoms with Gasteiger partial charge in [-0.2, -0.15) is 0 Å². The zero-order chi connectivity index (χ0) is 24.2. The van der Waals surface area contributed by atoms with Gasteiger partial charge in [0, 0.05) is 24.7 Å². The maximum atomic E-state index is 13.4. The molecule has 3 rings (SSSR count). The van der Waals surface area contributed by atoms with Crippen molar-refractivity contribution in [3.63, 3.8) is 0 Å². The third-order valence-corrected chi connectivity index (χ3v) is 8.09. The number of carbonyl (C=O) groups excluding carboxylic acids is 2. The van der Waals surface area contributed by atoms with Crippen LogP contribution in [0, 0.1) is 23.2 Å². The number of rotatable bonds is 8. The minimum atomic E-state index is -0.507. The summed E-state index contributed by atoms with van der Waals surface area (Å²) in [6.45, 7) is 16.0. The number of nitrogens with zero attached hydrogens (tertiary/aromatic N) is 2. The van der Waals surface area contributed by atoms with Gasteiger partial charge in [0.25, 0.3) is 0 Å². The molecule has 5 heteroatoms. The van der Waals surface area contributed by atoms with Gasteiger partial charge in [0.2, 0.25) is 11.8 Å². The summed E-state index contributed by atoms with van der Waals surface area (Å²) in [5.41, 5.74) is 0.316. The summed E-state index contributed by atoms with van der Waals surface area (Å²) in [6.07, 6.45) is 14.4. The van der Waals surface area contributed by atoms with E-state index >= 15 is 0 Å². The van der Waals surface area contributed by atoms with Crippen molar-refractivity contribution in [2.75, 3.05) is 26.2 Å². The number of piperidine rings is 1. The smallest absolute Gasteiger partial charge is 0.247 e. The van der Waals surface area contributed by atoms with Gasteiger partial charge >= 0.3 is 0 Å². The molecule has 0 bridgehead atoms. The first-order valence-corrected chi connectivity index (χ1v) is 13.2. The van der Waals surface area contributed by atoms with Crippen molar-refractivity contribution >= 4 is 11.8 Å². The number of hydrogen-bond acceptors (Lipinski definition) is 3. The van der Waals surface area contributed by atoms with Crippen LogP contribution in [0.4, 0.5) is 0 Å². The number of nitrogens with one attached hydrogen (secondary N) is 1. The molecule has 3 atom stereocenters. The lowest BCUT2D eigenvalue weighted by molar-refractivity contribution is -0.138. The van der Waals surface area contributed by atoms with E-state index in [1.165, 1.54) is 32.1 Å². The van der Waals surface area contributed by atoms with Crippen molar-refractivity contribution in [2.24, 2.45) is 23.2 Å². The Morgan fingerprint density at radius 3 is 2.30 bits per heavy atom. The molecule has 2 heterocycles. The van der Waals surface area contributed by atoms with Crippen LogP contribution in [-0.4, -0.2) is 59.9 Å². The largest absolute Gasteiger partial charge is 0.340 e. The Morgan fingerprint density at radius 1 is 1.06 bits per heavy atom. The number of allylic oxidation sites excluding steroid dienone is 3. The fraction of sp³-hybridized carbons (Fsp3) is 0.786. The molecule has 3 aliphatic rings. The molecule has 0 aromatic heterocycles. The van der Waals surface area contributed by atoms with Crippen LogP contribution in [0.25, 0.3) is 0 Å². The lowest BCUT2D eigenvalue weighted by Crippen LogP contribution is -2.55. The van der Waals surface area contributed by atoms with E-state index in [0.29, 0.717) is 17.5 Å². The van der Waals surface area contributed by atoms with Crippen molar-refractivity contribution in [2.45, 2.75) is 92.2 Å². The van der Waals surface area contributed by atoms with Crippen molar-refractivity contribution in [3.8, 4) is 0 Å². The van der Waals surface area contributed by atoms with Crippen LogP contribution in [0.1, 0.15) is 80.1 Å². The summed E-state index contributed by atoms with van der Waals surface area (Å²) in [4.78, 5) is 30.5. The first-order valence-electron chi connectivity index (χ1n) is 13.2. The van der Waals surface area contributed by atoms with Crippen LogP contribution < -0.4 is 5.32 Å². The van der Waals surface area contributed by atoms with E-state index in [9.17, 15) is 9.59 Å². The lowest BCUT2D eigenvalue weighted by Gasteiger charge is -2.38. The zero-order valence-electron chi connectivity index (χ0n) is 21.9. The molecule has 33 heavy (non-hydrogen) atoms. The number of carbonyl (C=O) groups is 2. The van der Waals surface area contributed by atoms with Gasteiger partial charge in [-0.15, -0.1) is 0 Å². The van der Waals surface area contributed by atoms with Crippen molar-refractivity contribution in [1.29, 1.82) is 0 Å². The fourth-order valence-electron chi connectivity index (χ4n) is 5.25. The third kappa shape index (κ3) is 7.18. The van der Waals surface area contributed by atoms with Crippen LogP contribution in [-0.2, 0) is 9.59 Å². The summed E-state index contributed by atoms with van der Waals surface area (Å²) in [6, 6.07) is -0.0585. The first kappa shape index (κ1) is 26.0. The van der Waals surface area contributed by atoms with Gasteiger partial charge in [0.15, 0.2) is 0 Å².